The number of hydrogen-bond donors (Lipinski definition) is 1. The van der Waals surface area contributed by atoms with Crippen LogP contribution in [0, 0.1) is 0 Å². The number of rotatable bonds is 2. The summed E-state index contributed by atoms with van der Waals surface area (Å²) in [6.45, 7) is 7.21. The Kier molecular flexibility index (Phi) is 3.89. The lowest BCUT2D eigenvalue weighted by molar-refractivity contribution is -0.127. The summed E-state index contributed by atoms with van der Waals surface area (Å²) in [5.41, 5.74) is 0. The van der Waals surface area contributed by atoms with Gasteiger partial charge in [0.1, 0.15) is 6.04 Å². The van der Waals surface area contributed by atoms with Crippen molar-refractivity contribution in [2.45, 2.75) is 25.9 Å². The minimum absolute atomic E-state index is 0.0103. The van der Waals surface area contributed by atoms with Crippen LogP contribution >= 0.6 is 0 Å². The zero-order valence-electron chi connectivity index (χ0n) is 9.58. The fourth-order valence-electron chi connectivity index (χ4n) is 1.81. The van der Waals surface area contributed by atoms with Crippen molar-refractivity contribution in [2.75, 3.05) is 33.7 Å². The van der Waals surface area contributed by atoms with E-state index in [1.807, 2.05) is 7.05 Å². The van der Waals surface area contributed by atoms with Crippen molar-refractivity contribution in [1.82, 2.24) is 15.1 Å². The molecular formula is C10H21N3O. The smallest absolute Gasteiger partial charge is 0.238 e. The van der Waals surface area contributed by atoms with E-state index < -0.39 is 0 Å². The van der Waals surface area contributed by atoms with Crippen molar-refractivity contribution < 1.29 is 4.79 Å². The molecule has 1 aliphatic heterocycles. The number of carbonyl (C=O) groups excluding carboxylic acids is 1. The van der Waals surface area contributed by atoms with Crippen LogP contribution in [-0.2, 0) is 4.79 Å². The van der Waals surface area contributed by atoms with E-state index in [-0.39, 0.29) is 11.9 Å². The van der Waals surface area contributed by atoms with Gasteiger partial charge in [-0.05, 0) is 20.9 Å². The Balaban J connectivity index is 2.59. The number of likely N-dealkylation sites (N-methyl/N-ethyl adjacent to an activating group) is 2. The molecular weight excluding hydrogens is 178 g/mol. The Morgan fingerprint density at radius 1 is 1.43 bits per heavy atom. The average Bonchev–Trinajstić information content (AvgIpc) is 2.17. The molecule has 4 nitrogen and oxygen atoms in total. The number of amides is 1. The Bertz CT molecular complexity index is 206. The van der Waals surface area contributed by atoms with Gasteiger partial charge < -0.3 is 5.32 Å². The van der Waals surface area contributed by atoms with Gasteiger partial charge in [-0.2, -0.15) is 0 Å². The van der Waals surface area contributed by atoms with Gasteiger partial charge in [0.2, 0.25) is 5.91 Å². The Hall–Kier alpha value is -0.610. The average molecular weight is 199 g/mol. The van der Waals surface area contributed by atoms with Gasteiger partial charge in [0.05, 0.1) is 0 Å². The summed E-state index contributed by atoms with van der Waals surface area (Å²) < 4.78 is 0. The fourth-order valence-corrected chi connectivity index (χ4v) is 1.81. The van der Waals surface area contributed by atoms with Crippen LogP contribution in [0.15, 0.2) is 0 Å². The second kappa shape index (κ2) is 4.75. The van der Waals surface area contributed by atoms with E-state index in [0.717, 1.165) is 19.6 Å². The molecule has 1 amide bonds. The first-order valence-electron chi connectivity index (χ1n) is 5.22. The van der Waals surface area contributed by atoms with Crippen LogP contribution in [0.1, 0.15) is 13.8 Å². The molecule has 1 aliphatic rings. The lowest BCUT2D eigenvalue weighted by atomic mass is 10.1. The maximum absolute atomic E-state index is 11.6. The maximum Gasteiger partial charge on any atom is 0.238 e. The van der Waals surface area contributed by atoms with Gasteiger partial charge in [-0.1, -0.05) is 0 Å². The van der Waals surface area contributed by atoms with Gasteiger partial charge in [-0.15, -0.1) is 0 Å². The van der Waals surface area contributed by atoms with Gasteiger partial charge in [-0.25, -0.2) is 0 Å². The van der Waals surface area contributed by atoms with Gasteiger partial charge in [0, 0.05) is 32.7 Å². The summed E-state index contributed by atoms with van der Waals surface area (Å²) in [5.74, 6) is 0.123. The lowest BCUT2D eigenvalue weighted by Gasteiger charge is -2.40. The first-order valence-corrected chi connectivity index (χ1v) is 5.22. The molecule has 0 saturated carbocycles. The van der Waals surface area contributed by atoms with E-state index in [1.54, 1.807) is 7.05 Å². The predicted octanol–water partition coefficient (Wildman–Crippen LogP) is -0.243. The molecule has 82 valence electrons. The highest BCUT2D eigenvalue weighted by atomic mass is 16.2. The molecule has 1 N–H and O–H groups in total. The number of nitrogens with zero attached hydrogens (tertiary/aromatic N) is 2. The standard InChI is InChI=1S/C10H21N3O/c1-8(2)13-6-5-12(4)9(7-13)10(14)11-3/h8-9H,5-7H2,1-4H3,(H,11,14). The van der Waals surface area contributed by atoms with Crippen LogP contribution in [0.5, 0.6) is 0 Å². The molecule has 0 spiro atoms. The molecule has 1 atom stereocenters. The molecule has 0 radical (unpaired) electrons. The quantitative estimate of drug-likeness (QED) is 0.666. The summed E-state index contributed by atoms with van der Waals surface area (Å²) in [7, 11) is 3.71. The third-order valence-electron chi connectivity index (χ3n) is 2.96. The molecule has 0 aliphatic carbocycles. The van der Waals surface area contributed by atoms with Crippen molar-refractivity contribution in [2.24, 2.45) is 0 Å². The maximum atomic E-state index is 11.6. The molecule has 1 unspecified atom stereocenters. The van der Waals surface area contributed by atoms with Crippen LogP contribution < -0.4 is 5.32 Å². The first kappa shape index (κ1) is 11.5. The highest BCUT2D eigenvalue weighted by Crippen LogP contribution is 2.10. The fraction of sp³-hybridized carbons (Fsp3) is 0.900. The van der Waals surface area contributed by atoms with Gasteiger partial charge in [-0.3, -0.25) is 14.6 Å². The van der Waals surface area contributed by atoms with Gasteiger partial charge >= 0.3 is 0 Å². The highest BCUT2D eigenvalue weighted by molar-refractivity contribution is 5.81. The number of carbonyl (C=O) groups is 1. The van der Waals surface area contributed by atoms with Crippen molar-refractivity contribution in [3.8, 4) is 0 Å². The van der Waals surface area contributed by atoms with E-state index in [2.05, 4.69) is 29.0 Å². The first-order chi connectivity index (χ1) is 6.56. The molecule has 0 bridgehead atoms. The van der Waals surface area contributed by atoms with E-state index in [0.29, 0.717) is 6.04 Å². The zero-order valence-corrected chi connectivity index (χ0v) is 9.58. The summed E-state index contributed by atoms with van der Waals surface area (Å²) in [4.78, 5) is 16.0. The molecule has 1 saturated heterocycles. The molecule has 0 aromatic carbocycles. The molecule has 1 fully saturated rings. The van der Waals surface area contributed by atoms with Crippen LogP contribution in [-0.4, -0.2) is 61.5 Å². The number of piperazine rings is 1. The van der Waals surface area contributed by atoms with E-state index in [9.17, 15) is 4.79 Å². The Labute approximate surface area is 86.2 Å². The van der Waals surface area contributed by atoms with Gasteiger partial charge in [0.15, 0.2) is 0 Å². The third-order valence-corrected chi connectivity index (χ3v) is 2.96. The monoisotopic (exact) mass is 199 g/mol. The normalized spacial score (nSPS) is 25.4. The van der Waals surface area contributed by atoms with E-state index >= 15 is 0 Å². The molecule has 1 rings (SSSR count). The third kappa shape index (κ3) is 2.45. The summed E-state index contributed by atoms with van der Waals surface area (Å²) in [5, 5.41) is 2.72. The number of hydrogen-bond acceptors (Lipinski definition) is 3. The molecule has 0 aromatic heterocycles. The predicted molar refractivity (Wildman–Crippen MR) is 57.2 cm³/mol. The van der Waals surface area contributed by atoms with Crippen LogP contribution in [0.25, 0.3) is 0 Å². The molecule has 0 aromatic rings. The summed E-state index contributed by atoms with van der Waals surface area (Å²) in [6, 6.07) is 0.534. The van der Waals surface area contributed by atoms with Crippen molar-refractivity contribution >= 4 is 5.91 Å². The van der Waals surface area contributed by atoms with Crippen molar-refractivity contribution in [3.05, 3.63) is 0 Å². The minimum Gasteiger partial charge on any atom is -0.358 e. The SMILES string of the molecule is CNC(=O)C1CN(C(C)C)CCN1C. The topological polar surface area (TPSA) is 35.6 Å². The second-order valence-corrected chi connectivity index (χ2v) is 4.20. The lowest BCUT2D eigenvalue weighted by Crippen LogP contribution is -2.58. The van der Waals surface area contributed by atoms with Crippen molar-refractivity contribution in [3.63, 3.8) is 0 Å². The largest absolute Gasteiger partial charge is 0.358 e. The van der Waals surface area contributed by atoms with E-state index in [1.165, 1.54) is 0 Å². The Morgan fingerprint density at radius 3 is 2.57 bits per heavy atom. The van der Waals surface area contributed by atoms with E-state index in [4.69, 9.17) is 0 Å². The Morgan fingerprint density at radius 2 is 2.07 bits per heavy atom. The number of nitrogens with one attached hydrogen (secondary N) is 1. The summed E-state index contributed by atoms with van der Waals surface area (Å²) in [6.07, 6.45) is 0. The highest BCUT2D eigenvalue weighted by Gasteiger charge is 2.29. The van der Waals surface area contributed by atoms with Crippen LogP contribution in [0.2, 0.25) is 0 Å². The zero-order chi connectivity index (χ0) is 10.7. The summed E-state index contributed by atoms with van der Waals surface area (Å²) >= 11 is 0. The molecule has 14 heavy (non-hydrogen) atoms. The molecule has 4 heteroatoms. The van der Waals surface area contributed by atoms with Crippen LogP contribution in [0.3, 0.4) is 0 Å². The minimum atomic E-state index is 0.0103. The van der Waals surface area contributed by atoms with Crippen molar-refractivity contribution in [1.29, 1.82) is 0 Å². The second-order valence-electron chi connectivity index (χ2n) is 4.20. The molecule has 1 heterocycles. The van der Waals surface area contributed by atoms with Gasteiger partial charge in [0.25, 0.3) is 0 Å². The van der Waals surface area contributed by atoms with Crippen LogP contribution in [0.4, 0.5) is 0 Å².